The first kappa shape index (κ1) is 11.4. The van der Waals surface area contributed by atoms with Crippen LogP contribution in [0.2, 0.25) is 0 Å². The second kappa shape index (κ2) is 3.48. The summed E-state index contributed by atoms with van der Waals surface area (Å²) in [5.74, 6) is -0.0340. The van der Waals surface area contributed by atoms with Crippen LogP contribution in [0.3, 0.4) is 0 Å². The number of hydrogen-bond acceptors (Lipinski definition) is 2. The minimum atomic E-state index is -5.22. The van der Waals surface area contributed by atoms with Gasteiger partial charge in [0.1, 0.15) is 0 Å². The molecule has 2 rings (SSSR count). The average molecular weight is 250 g/mol. The summed E-state index contributed by atoms with van der Waals surface area (Å²) in [5.41, 5.74) is -4.93. The van der Waals surface area contributed by atoms with E-state index in [1.54, 1.807) is 6.07 Å². The molecule has 0 heterocycles. The molecule has 0 atom stereocenters. The van der Waals surface area contributed by atoms with Crippen molar-refractivity contribution in [2.24, 2.45) is 0 Å². The van der Waals surface area contributed by atoms with Crippen LogP contribution in [0.15, 0.2) is 29.2 Å². The third-order valence-corrected chi connectivity index (χ3v) is 4.09. The highest BCUT2D eigenvalue weighted by atomic mass is 32.2. The molecule has 0 unspecified atom stereocenters. The van der Waals surface area contributed by atoms with Gasteiger partial charge in [-0.25, -0.2) is 8.42 Å². The van der Waals surface area contributed by atoms with Crippen LogP contribution in [0.25, 0.3) is 0 Å². The Labute approximate surface area is 91.0 Å². The summed E-state index contributed by atoms with van der Waals surface area (Å²) in [6.45, 7) is 0. The minimum Gasteiger partial charge on any atom is -0.214 e. The molecule has 88 valence electrons. The molecule has 16 heavy (non-hydrogen) atoms. The Morgan fingerprint density at radius 2 is 1.69 bits per heavy atom. The Bertz CT molecular complexity index is 501. The summed E-state index contributed by atoms with van der Waals surface area (Å²) in [7, 11) is -5.21. The number of halogens is 3. The van der Waals surface area contributed by atoms with E-state index in [4.69, 9.17) is 0 Å². The van der Waals surface area contributed by atoms with Gasteiger partial charge in [-0.05, 0) is 30.4 Å². The van der Waals surface area contributed by atoms with E-state index in [2.05, 4.69) is 0 Å². The van der Waals surface area contributed by atoms with E-state index in [0.717, 1.165) is 18.9 Å². The van der Waals surface area contributed by atoms with Gasteiger partial charge in [0.05, 0.1) is 4.90 Å². The predicted molar refractivity (Wildman–Crippen MR) is 51.7 cm³/mol. The van der Waals surface area contributed by atoms with Crippen LogP contribution in [0.1, 0.15) is 24.3 Å². The summed E-state index contributed by atoms with van der Waals surface area (Å²) in [5, 5.41) is 0. The lowest BCUT2D eigenvalue weighted by atomic mass is 10.1. The van der Waals surface area contributed by atoms with E-state index in [1.165, 1.54) is 12.1 Å². The van der Waals surface area contributed by atoms with E-state index >= 15 is 0 Å². The lowest BCUT2D eigenvalue weighted by Gasteiger charge is -2.11. The topological polar surface area (TPSA) is 34.1 Å². The van der Waals surface area contributed by atoms with E-state index in [-0.39, 0.29) is 5.92 Å². The van der Waals surface area contributed by atoms with Crippen LogP contribution in [0.5, 0.6) is 0 Å². The number of sulfone groups is 1. The molecule has 1 fully saturated rings. The molecular formula is C10H9F3O2S. The van der Waals surface area contributed by atoms with E-state index in [1.807, 2.05) is 0 Å². The first-order chi connectivity index (χ1) is 7.34. The smallest absolute Gasteiger partial charge is 0.214 e. The highest BCUT2D eigenvalue weighted by molar-refractivity contribution is 7.92. The van der Waals surface area contributed by atoms with Gasteiger partial charge in [-0.1, -0.05) is 18.2 Å². The lowest BCUT2D eigenvalue weighted by Crippen LogP contribution is -2.24. The van der Waals surface area contributed by atoms with Gasteiger partial charge in [-0.2, -0.15) is 13.2 Å². The van der Waals surface area contributed by atoms with Crippen molar-refractivity contribution in [3.63, 3.8) is 0 Å². The fraction of sp³-hybridized carbons (Fsp3) is 0.400. The molecular weight excluding hydrogens is 241 g/mol. The fourth-order valence-corrected chi connectivity index (χ4v) is 2.63. The van der Waals surface area contributed by atoms with Crippen LogP contribution < -0.4 is 0 Å². The van der Waals surface area contributed by atoms with Gasteiger partial charge in [0, 0.05) is 0 Å². The molecule has 0 N–H and O–H groups in total. The zero-order valence-electron chi connectivity index (χ0n) is 8.16. The maximum atomic E-state index is 12.4. The van der Waals surface area contributed by atoms with Gasteiger partial charge in [0.25, 0.3) is 9.84 Å². The molecule has 1 aliphatic carbocycles. The van der Waals surface area contributed by atoms with Gasteiger partial charge in [-0.3, -0.25) is 0 Å². The zero-order chi connectivity index (χ0) is 12.0. The van der Waals surface area contributed by atoms with Crippen LogP contribution in [0.4, 0.5) is 13.2 Å². The molecule has 1 aliphatic rings. The highest BCUT2D eigenvalue weighted by Crippen LogP contribution is 2.44. The first-order valence-corrected chi connectivity index (χ1v) is 6.22. The molecule has 0 radical (unpaired) electrons. The van der Waals surface area contributed by atoms with Gasteiger partial charge in [0.15, 0.2) is 0 Å². The molecule has 0 amide bonds. The van der Waals surface area contributed by atoms with Gasteiger partial charge in [0.2, 0.25) is 0 Å². The Morgan fingerprint density at radius 3 is 2.19 bits per heavy atom. The van der Waals surface area contributed by atoms with E-state index < -0.39 is 20.2 Å². The number of alkyl halides is 3. The standard InChI is InChI=1S/C10H9F3O2S/c11-10(12,13)16(14,15)9-4-2-1-3-8(9)7-5-6-7/h1-4,7H,5-6H2. The van der Waals surface area contributed by atoms with E-state index in [0.29, 0.717) is 5.56 Å². The molecule has 0 bridgehead atoms. The molecule has 6 heteroatoms. The second-order valence-corrected chi connectivity index (χ2v) is 5.67. The van der Waals surface area contributed by atoms with E-state index in [9.17, 15) is 21.6 Å². The molecule has 1 saturated carbocycles. The highest BCUT2D eigenvalue weighted by Gasteiger charge is 2.48. The van der Waals surface area contributed by atoms with Gasteiger partial charge >= 0.3 is 5.51 Å². The van der Waals surface area contributed by atoms with Crippen molar-refractivity contribution in [1.82, 2.24) is 0 Å². The second-order valence-electron chi connectivity index (χ2n) is 3.76. The third-order valence-electron chi connectivity index (χ3n) is 2.53. The van der Waals surface area contributed by atoms with Gasteiger partial charge < -0.3 is 0 Å². The largest absolute Gasteiger partial charge is 0.501 e. The van der Waals surface area contributed by atoms with Crippen molar-refractivity contribution in [2.45, 2.75) is 29.2 Å². The van der Waals surface area contributed by atoms with Crippen LogP contribution in [-0.4, -0.2) is 13.9 Å². The Kier molecular flexibility index (Phi) is 2.49. The van der Waals surface area contributed by atoms with Crippen molar-refractivity contribution in [1.29, 1.82) is 0 Å². The number of rotatable bonds is 2. The van der Waals surface area contributed by atoms with Crippen LogP contribution in [-0.2, 0) is 9.84 Å². The first-order valence-electron chi connectivity index (χ1n) is 4.74. The molecule has 1 aromatic rings. The number of benzene rings is 1. The Balaban J connectivity index is 2.56. The normalized spacial score (nSPS) is 17.4. The molecule has 2 nitrogen and oxygen atoms in total. The lowest BCUT2D eigenvalue weighted by molar-refractivity contribution is -0.0436. The summed E-state index contributed by atoms with van der Waals surface area (Å²) in [4.78, 5) is -0.593. The van der Waals surface area contributed by atoms with Crippen molar-refractivity contribution in [3.8, 4) is 0 Å². The fourth-order valence-electron chi connectivity index (χ4n) is 1.58. The SMILES string of the molecule is O=S(=O)(c1ccccc1C1CC1)C(F)(F)F. The maximum Gasteiger partial charge on any atom is 0.501 e. The van der Waals surface area contributed by atoms with Crippen molar-refractivity contribution < 1.29 is 21.6 Å². The summed E-state index contributed by atoms with van der Waals surface area (Å²) < 4.78 is 59.7. The summed E-state index contributed by atoms with van der Waals surface area (Å²) in [6.07, 6.45) is 1.51. The molecule has 0 aliphatic heterocycles. The third kappa shape index (κ3) is 1.81. The van der Waals surface area contributed by atoms with Crippen molar-refractivity contribution >= 4 is 9.84 Å². The monoisotopic (exact) mass is 250 g/mol. The average Bonchev–Trinajstić information content (AvgIpc) is 2.99. The zero-order valence-corrected chi connectivity index (χ0v) is 8.98. The van der Waals surface area contributed by atoms with Gasteiger partial charge in [-0.15, -0.1) is 0 Å². The Hall–Kier alpha value is -1.04. The maximum absolute atomic E-state index is 12.4. The van der Waals surface area contributed by atoms with Crippen molar-refractivity contribution in [3.05, 3.63) is 29.8 Å². The molecule has 0 spiro atoms. The van der Waals surface area contributed by atoms with Crippen LogP contribution >= 0.6 is 0 Å². The molecule has 0 aromatic heterocycles. The predicted octanol–water partition coefficient (Wildman–Crippen LogP) is 2.86. The minimum absolute atomic E-state index is 0.0340. The Morgan fingerprint density at radius 1 is 1.12 bits per heavy atom. The van der Waals surface area contributed by atoms with Crippen LogP contribution in [0, 0.1) is 0 Å². The summed E-state index contributed by atoms with van der Waals surface area (Å²) in [6, 6.07) is 5.35. The number of hydrogen-bond donors (Lipinski definition) is 0. The summed E-state index contributed by atoms with van der Waals surface area (Å²) >= 11 is 0. The van der Waals surface area contributed by atoms with Crippen molar-refractivity contribution in [2.75, 3.05) is 0 Å². The molecule has 1 aromatic carbocycles. The quantitative estimate of drug-likeness (QED) is 0.808. The molecule has 0 saturated heterocycles.